The van der Waals surface area contributed by atoms with Crippen LogP contribution in [0.5, 0.6) is 0 Å². The summed E-state index contributed by atoms with van der Waals surface area (Å²) in [7, 11) is 0. The van der Waals surface area contributed by atoms with Crippen molar-refractivity contribution in [1.82, 2.24) is 4.90 Å². The third-order valence-corrected chi connectivity index (χ3v) is 4.52. The van der Waals surface area contributed by atoms with Crippen molar-refractivity contribution in [2.75, 3.05) is 6.54 Å². The molecule has 0 aliphatic rings. The van der Waals surface area contributed by atoms with E-state index in [1.807, 2.05) is 22.6 Å². The van der Waals surface area contributed by atoms with Gasteiger partial charge in [0.25, 0.3) is 5.91 Å². The Morgan fingerprint density at radius 3 is 2.38 bits per heavy atom. The number of benzene rings is 1. The summed E-state index contributed by atoms with van der Waals surface area (Å²) >= 11 is 5.27. The summed E-state index contributed by atoms with van der Waals surface area (Å²) in [6, 6.07) is 4.63. The van der Waals surface area contributed by atoms with Crippen LogP contribution in [0.15, 0.2) is 22.7 Å². The number of carbonyl (C=O) groups is 1. The van der Waals surface area contributed by atoms with E-state index in [-0.39, 0.29) is 5.56 Å². The fraction of sp³-hybridized carbons (Fsp3) is 0.500. The van der Waals surface area contributed by atoms with Gasteiger partial charge in [-0.05, 0) is 69.6 Å². The fourth-order valence-electron chi connectivity index (χ4n) is 2.11. The lowest BCUT2D eigenvalue weighted by Gasteiger charge is -2.31. The van der Waals surface area contributed by atoms with Gasteiger partial charge < -0.3 is 4.90 Å². The van der Waals surface area contributed by atoms with E-state index in [9.17, 15) is 18.0 Å². The van der Waals surface area contributed by atoms with Gasteiger partial charge in [-0.3, -0.25) is 4.79 Å². The molecule has 0 spiro atoms. The minimum atomic E-state index is -4.41. The molecule has 0 N–H and O–H groups in total. The van der Waals surface area contributed by atoms with Crippen molar-refractivity contribution in [2.24, 2.45) is 0 Å². The summed E-state index contributed by atoms with van der Waals surface area (Å²) in [5.41, 5.74) is 0.262. The van der Waals surface area contributed by atoms with Crippen LogP contribution in [0.25, 0.3) is 0 Å². The molecule has 0 heterocycles. The van der Waals surface area contributed by atoms with E-state index in [1.165, 1.54) is 0 Å². The van der Waals surface area contributed by atoms with E-state index in [2.05, 4.69) is 15.9 Å². The average Bonchev–Trinajstić information content (AvgIpc) is 2.39. The zero-order chi connectivity index (χ0) is 16.2. The normalized spacial score (nSPS) is 11.8. The Morgan fingerprint density at radius 1 is 1.33 bits per heavy atom. The Balaban J connectivity index is 3.18. The molecule has 21 heavy (non-hydrogen) atoms. The molecule has 1 rings (SSSR count). The Morgan fingerprint density at radius 2 is 1.90 bits per heavy atom. The van der Waals surface area contributed by atoms with E-state index in [1.54, 1.807) is 32.0 Å². The molecule has 0 aliphatic heterocycles. The van der Waals surface area contributed by atoms with Crippen molar-refractivity contribution >= 4 is 44.4 Å². The number of rotatable bonds is 5. The van der Waals surface area contributed by atoms with Crippen molar-refractivity contribution in [3.8, 4) is 0 Å². The monoisotopic (exact) mass is 477 g/mol. The Labute approximate surface area is 144 Å². The smallest absolute Gasteiger partial charge is 0.327 e. The van der Waals surface area contributed by atoms with Crippen LogP contribution in [0.2, 0.25) is 0 Å². The molecule has 0 saturated carbocycles. The molecule has 1 amide bonds. The quantitative estimate of drug-likeness (QED) is 0.530. The Kier molecular flexibility index (Phi) is 6.96. The molecule has 7 heteroatoms. The lowest BCUT2D eigenvalue weighted by Crippen LogP contribution is -2.45. The van der Waals surface area contributed by atoms with Gasteiger partial charge in [-0.15, -0.1) is 0 Å². The van der Waals surface area contributed by atoms with Gasteiger partial charge in [0.1, 0.15) is 6.54 Å². The van der Waals surface area contributed by atoms with E-state index in [0.29, 0.717) is 17.3 Å². The highest BCUT2D eigenvalue weighted by Gasteiger charge is 2.36. The summed E-state index contributed by atoms with van der Waals surface area (Å²) in [4.78, 5) is 13.5. The molecule has 1 aromatic rings. The minimum Gasteiger partial charge on any atom is -0.327 e. The molecule has 0 unspecified atom stereocenters. The number of amides is 1. The zero-order valence-electron chi connectivity index (χ0n) is 11.7. The van der Waals surface area contributed by atoms with Crippen LogP contribution in [0.3, 0.4) is 0 Å². The van der Waals surface area contributed by atoms with Crippen molar-refractivity contribution in [3.05, 3.63) is 31.8 Å². The van der Waals surface area contributed by atoms with Gasteiger partial charge in [-0.1, -0.05) is 13.8 Å². The summed E-state index contributed by atoms with van der Waals surface area (Å²) in [5, 5.41) is 0. The Hall–Kier alpha value is -0.310. The number of hydrogen-bond acceptors (Lipinski definition) is 1. The maximum atomic E-state index is 12.8. The predicted molar refractivity (Wildman–Crippen MR) is 88.3 cm³/mol. The molecule has 0 fully saturated rings. The zero-order valence-corrected chi connectivity index (χ0v) is 15.4. The van der Waals surface area contributed by atoms with Crippen LogP contribution in [0.1, 0.15) is 37.0 Å². The predicted octanol–water partition coefficient (Wildman–Crippen LogP) is 5.25. The van der Waals surface area contributed by atoms with Crippen LogP contribution < -0.4 is 0 Å². The number of halogens is 5. The second-order valence-electron chi connectivity index (χ2n) is 4.64. The number of alkyl halides is 3. The number of hydrogen-bond donors (Lipinski definition) is 0. The molecule has 0 atom stereocenters. The van der Waals surface area contributed by atoms with Crippen LogP contribution in [0.4, 0.5) is 13.2 Å². The van der Waals surface area contributed by atoms with Crippen LogP contribution in [-0.4, -0.2) is 29.6 Å². The van der Waals surface area contributed by atoms with Crippen LogP contribution >= 0.6 is 38.5 Å². The topological polar surface area (TPSA) is 20.3 Å². The molecule has 0 bridgehead atoms. The lowest BCUT2D eigenvalue weighted by atomic mass is 10.1. The van der Waals surface area contributed by atoms with Crippen LogP contribution in [-0.2, 0) is 0 Å². The van der Waals surface area contributed by atoms with E-state index >= 15 is 0 Å². The van der Waals surface area contributed by atoms with Gasteiger partial charge in [0, 0.05) is 14.1 Å². The van der Waals surface area contributed by atoms with Gasteiger partial charge in [-0.2, -0.15) is 13.2 Å². The van der Waals surface area contributed by atoms with Gasteiger partial charge in [0.05, 0.1) is 5.56 Å². The summed E-state index contributed by atoms with van der Waals surface area (Å²) in [5.74, 6) is -0.591. The molecule has 0 radical (unpaired) electrons. The van der Waals surface area contributed by atoms with Crippen molar-refractivity contribution in [3.63, 3.8) is 0 Å². The first-order valence-electron chi connectivity index (χ1n) is 6.52. The fourth-order valence-corrected chi connectivity index (χ4v) is 3.01. The second-order valence-corrected chi connectivity index (χ2v) is 6.74. The number of carbonyl (C=O) groups excluding carboxylic acids is 1. The summed E-state index contributed by atoms with van der Waals surface area (Å²) < 4.78 is 39.7. The van der Waals surface area contributed by atoms with Crippen LogP contribution in [0, 0.1) is 3.57 Å². The maximum Gasteiger partial charge on any atom is 0.406 e. The molecule has 1 aromatic carbocycles. The van der Waals surface area contributed by atoms with Gasteiger partial charge in [0.15, 0.2) is 0 Å². The number of nitrogens with zero attached hydrogens (tertiary/aromatic N) is 1. The molecule has 2 nitrogen and oxygen atoms in total. The van der Waals surface area contributed by atoms with Crippen molar-refractivity contribution < 1.29 is 18.0 Å². The lowest BCUT2D eigenvalue weighted by molar-refractivity contribution is -0.144. The highest BCUT2D eigenvalue weighted by molar-refractivity contribution is 14.1. The first-order valence-corrected chi connectivity index (χ1v) is 8.39. The highest BCUT2D eigenvalue weighted by Crippen LogP contribution is 2.26. The molecule has 0 saturated heterocycles. The molecule has 0 aromatic heterocycles. The average molecular weight is 478 g/mol. The SMILES string of the molecule is CCC(CC)N(CC(F)(F)F)C(=O)c1cc(I)ccc1Br. The van der Waals surface area contributed by atoms with Gasteiger partial charge in [0.2, 0.25) is 0 Å². The first kappa shape index (κ1) is 18.7. The van der Waals surface area contributed by atoms with E-state index in [0.717, 1.165) is 8.47 Å². The molecule has 118 valence electrons. The van der Waals surface area contributed by atoms with E-state index in [4.69, 9.17) is 0 Å². The van der Waals surface area contributed by atoms with Gasteiger partial charge >= 0.3 is 6.18 Å². The maximum absolute atomic E-state index is 12.8. The van der Waals surface area contributed by atoms with Crippen molar-refractivity contribution in [2.45, 2.75) is 38.9 Å². The van der Waals surface area contributed by atoms with E-state index < -0.39 is 24.7 Å². The standard InChI is InChI=1S/C14H16BrF3INO/c1-3-10(4-2)20(8-14(16,17)18)13(21)11-7-9(19)5-6-12(11)15/h5-7,10H,3-4,8H2,1-2H3. The molecular weight excluding hydrogens is 462 g/mol. The Bertz CT molecular complexity index is 503. The first-order chi connectivity index (χ1) is 9.69. The second kappa shape index (κ2) is 7.80. The molecular formula is C14H16BrF3INO. The molecule has 0 aliphatic carbocycles. The van der Waals surface area contributed by atoms with Gasteiger partial charge in [-0.25, -0.2) is 0 Å². The third kappa shape index (κ3) is 5.43. The summed E-state index contributed by atoms with van der Waals surface area (Å²) in [6.45, 7) is 2.35. The summed E-state index contributed by atoms with van der Waals surface area (Å²) in [6.07, 6.45) is -3.44. The van der Waals surface area contributed by atoms with Crippen molar-refractivity contribution in [1.29, 1.82) is 0 Å². The largest absolute Gasteiger partial charge is 0.406 e. The third-order valence-electron chi connectivity index (χ3n) is 3.15. The minimum absolute atomic E-state index is 0.262. The highest BCUT2D eigenvalue weighted by atomic mass is 127.